The molecule has 0 fully saturated rings. The molecule has 0 spiro atoms. The molecule has 2 rings (SSSR count). The molecule has 0 aliphatic heterocycles. The van der Waals surface area contributed by atoms with Gasteiger partial charge in [-0.1, -0.05) is 6.07 Å². The Labute approximate surface area is 146 Å². The van der Waals surface area contributed by atoms with Gasteiger partial charge in [-0.2, -0.15) is 0 Å². The minimum atomic E-state index is -3.86. The molecule has 0 radical (unpaired) electrons. The average molecular weight is 365 g/mol. The number of anilines is 1. The van der Waals surface area contributed by atoms with Gasteiger partial charge in [0.15, 0.2) is 11.5 Å². The number of sulfonamides is 1. The third kappa shape index (κ3) is 4.42. The van der Waals surface area contributed by atoms with Crippen LogP contribution in [0.5, 0.6) is 11.5 Å². The second-order valence-corrected chi connectivity index (χ2v) is 6.61. The number of rotatable bonds is 7. The summed E-state index contributed by atoms with van der Waals surface area (Å²) in [5.41, 5.74) is 0.509. The standard InChI is InChI=1S/C17H19NO6S/c1-4-24-17(19)12-6-5-7-13(10-12)18-25(20,21)14-8-9-15(22-2)16(11-14)23-3/h5-11,18H,4H2,1-3H3. The Morgan fingerprint density at radius 2 is 1.76 bits per heavy atom. The molecule has 2 aromatic carbocycles. The molecule has 134 valence electrons. The fraction of sp³-hybridized carbons (Fsp3) is 0.235. The molecule has 0 bridgehead atoms. The largest absolute Gasteiger partial charge is 0.493 e. The van der Waals surface area contributed by atoms with E-state index in [1.165, 1.54) is 38.5 Å². The Bertz CT molecular complexity index is 863. The first-order valence-electron chi connectivity index (χ1n) is 7.43. The van der Waals surface area contributed by atoms with Gasteiger partial charge in [-0.15, -0.1) is 0 Å². The van der Waals surface area contributed by atoms with Crippen molar-refractivity contribution in [2.24, 2.45) is 0 Å². The predicted molar refractivity (Wildman–Crippen MR) is 92.8 cm³/mol. The first-order chi connectivity index (χ1) is 11.9. The van der Waals surface area contributed by atoms with Crippen LogP contribution in [0.2, 0.25) is 0 Å². The highest BCUT2D eigenvalue weighted by molar-refractivity contribution is 7.92. The summed E-state index contributed by atoms with van der Waals surface area (Å²) in [6.45, 7) is 1.93. The predicted octanol–water partition coefficient (Wildman–Crippen LogP) is 2.68. The molecule has 0 aliphatic rings. The average Bonchev–Trinajstić information content (AvgIpc) is 2.61. The van der Waals surface area contributed by atoms with E-state index in [1.54, 1.807) is 25.1 Å². The lowest BCUT2D eigenvalue weighted by atomic mass is 10.2. The Morgan fingerprint density at radius 1 is 1.04 bits per heavy atom. The van der Waals surface area contributed by atoms with Gasteiger partial charge in [0.25, 0.3) is 10.0 Å². The van der Waals surface area contributed by atoms with Crippen molar-refractivity contribution >= 4 is 21.7 Å². The van der Waals surface area contributed by atoms with Gasteiger partial charge in [0.1, 0.15) is 0 Å². The zero-order chi connectivity index (χ0) is 18.4. The lowest BCUT2D eigenvalue weighted by Gasteiger charge is -2.12. The third-order valence-corrected chi connectivity index (χ3v) is 4.67. The fourth-order valence-corrected chi connectivity index (χ4v) is 3.19. The van der Waals surface area contributed by atoms with Crippen molar-refractivity contribution in [3.05, 3.63) is 48.0 Å². The summed E-state index contributed by atoms with van der Waals surface area (Å²) >= 11 is 0. The number of hydrogen-bond acceptors (Lipinski definition) is 6. The van der Waals surface area contributed by atoms with E-state index in [9.17, 15) is 13.2 Å². The van der Waals surface area contributed by atoms with Crippen LogP contribution in [0.1, 0.15) is 17.3 Å². The molecule has 0 atom stereocenters. The van der Waals surface area contributed by atoms with Gasteiger partial charge in [-0.3, -0.25) is 4.72 Å². The Morgan fingerprint density at radius 3 is 2.40 bits per heavy atom. The molecule has 1 N–H and O–H groups in total. The number of benzene rings is 2. The molecular formula is C17H19NO6S. The first kappa shape index (κ1) is 18.6. The normalized spacial score (nSPS) is 10.8. The lowest BCUT2D eigenvalue weighted by Crippen LogP contribution is -2.14. The van der Waals surface area contributed by atoms with Crippen LogP contribution in [-0.2, 0) is 14.8 Å². The summed E-state index contributed by atoms with van der Waals surface area (Å²) in [4.78, 5) is 11.8. The van der Waals surface area contributed by atoms with Crippen molar-refractivity contribution in [1.82, 2.24) is 0 Å². The molecule has 0 saturated heterocycles. The van der Waals surface area contributed by atoms with Crippen molar-refractivity contribution in [1.29, 1.82) is 0 Å². The summed E-state index contributed by atoms with van der Waals surface area (Å²) in [6, 6.07) is 10.3. The molecule has 7 nitrogen and oxygen atoms in total. The summed E-state index contributed by atoms with van der Waals surface area (Å²) in [7, 11) is -0.979. The van der Waals surface area contributed by atoms with Gasteiger partial charge in [0, 0.05) is 11.8 Å². The highest BCUT2D eigenvalue weighted by Gasteiger charge is 2.18. The fourth-order valence-electron chi connectivity index (χ4n) is 2.12. The van der Waals surface area contributed by atoms with Crippen LogP contribution in [-0.4, -0.2) is 35.2 Å². The van der Waals surface area contributed by atoms with Crippen LogP contribution in [0.4, 0.5) is 5.69 Å². The van der Waals surface area contributed by atoms with Crippen molar-refractivity contribution in [2.75, 3.05) is 25.5 Å². The van der Waals surface area contributed by atoms with Crippen molar-refractivity contribution in [3.8, 4) is 11.5 Å². The number of nitrogens with one attached hydrogen (secondary N) is 1. The smallest absolute Gasteiger partial charge is 0.338 e. The number of methoxy groups -OCH3 is 2. The van der Waals surface area contributed by atoms with E-state index < -0.39 is 16.0 Å². The van der Waals surface area contributed by atoms with E-state index in [0.29, 0.717) is 11.5 Å². The molecule has 0 aromatic heterocycles. The van der Waals surface area contributed by atoms with E-state index in [0.717, 1.165) is 0 Å². The molecule has 0 unspecified atom stereocenters. The number of esters is 1. The summed E-state index contributed by atoms with van der Waals surface area (Å²) in [5.74, 6) is 0.200. The van der Waals surface area contributed by atoms with Gasteiger partial charge in [-0.25, -0.2) is 13.2 Å². The van der Waals surface area contributed by atoms with Gasteiger partial charge < -0.3 is 14.2 Å². The lowest BCUT2D eigenvalue weighted by molar-refractivity contribution is 0.0526. The zero-order valence-corrected chi connectivity index (χ0v) is 14.9. The molecule has 25 heavy (non-hydrogen) atoms. The molecular weight excluding hydrogens is 346 g/mol. The molecule has 8 heteroatoms. The maximum Gasteiger partial charge on any atom is 0.338 e. The molecule has 0 saturated carbocycles. The third-order valence-electron chi connectivity index (χ3n) is 3.29. The van der Waals surface area contributed by atoms with Gasteiger partial charge in [0.05, 0.1) is 31.3 Å². The first-order valence-corrected chi connectivity index (χ1v) is 8.91. The van der Waals surface area contributed by atoms with E-state index in [4.69, 9.17) is 14.2 Å². The number of ether oxygens (including phenoxy) is 3. The quantitative estimate of drug-likeness (QED) is 0.759. The number of hydrogen-bond donors (Lipinski definition) is 1. The van der Waals surface area contributed by atoms with Crippen molar-refractivity contribution in [2.45, 2.75) is 11.8 Å². The van der Waals surface area contributed by atoms with E-state index in [-0.39, 0.29) is 22.8 Å². The Balaban J connectivity index is 2.30. The van der Waals surface area contributed by atoms with Crippen molar-refractivity contribution < 1.29 is 27.4 Å². The van der Waals surface area contributed by atoms with Gasteiger partial charge in [-0.05, 0) is 37.3 Å². The highest BCUT2D eigenvalue weighted by Crippen LogP contribution is 2.30. The van der Waals surface area contributed by atoms with E-state index in [2.05, 4.69) is 4.72 Å². The maximum absolute atomic E-state index is 12.6. The maximum atomic E-state index is 12.6. The van der Waals surface area contributed by atoms with Crippen LogP contribution in [0.15, 0.2) is 47.4 Å². The summed E-state index contributed by atoms with van der Waals surface area (Å²) in [6.07, 6.45) is 0. The monoisotopic (exact) mass is 365 g/mol. The van der Waals surface area contributed by atoms with Crippen molar-refractivity contribution in [3.63, 3.8) is 0 Å². The highest BCUT2D eigenvalue weighted by atomic mass is 32.2. The zero-order valence-electron chi connectivity index (χ0n) is 14.1. The Hall–Kier alpha value is -2.74. The summed E-state index contributed by atoms with van der Waals surface area (Å²) < 4.78 is 42.7. The minimum absolute atomic E-state index is 0.00619. The van der Waals surface area contributed by atoms with Gasteiger partial charge >= 0.3 is 5.97 Å². The second kappa shape index (κ2) is 7.89. The van der Waals surface area contributed by atoms with E-state index in [1.807, 2.05) is 0 Å². The number of carbonyl (C=O) groups excluding carboxylic acids is 1. The topological polar surface area (TPSA) is 90.9 Å². The summed E-state index contributed by atoms with van der Waals surface area (Å²) in [5, 5.41) is 0. The van der Waals surface area contributed by atoms with Gasteiger partial charge in [0.2, 0.25) is 0 Å². The van der Waals surface area contributed by atoms with E-state index >= 15 is 0 Å². The second-order valence-electron chi connectivity index (χ2n) is 4.92. The molecule has 2 aromatic rings. The van der Waals surface area contributed by atoms with Crippen LogP contribution >= 0.6 is 0 Å². The molecule has 0 heterocycles. The number of carbonyl (C=O) groups is 1. The minimum Gasteiger partial charge on any atom is -0.493 e. The van der Waals surface area contributed by atoms with Crippen LogP contribution in [0, 0.1) is 0 Å². The molecule has 0 aliphatic carbocycles. The van der Waals surface area contributed by atoms with Crippen LogP contribution in [0.25, 0.3) is 0 Å². The van der Waals surface area contributed by atoms with Crippen LogP contribution in [0.3, 0.4) is 0 Å². The SMILES string of the molecule is CCOC(=O)c1cccc(NS(=O)(=O)c2ccc(OC)c(OC)c2)c1. The Kier molecular flexibility index (Phi) is 5.87. The van der Waals surface area contributed by atoms with Crippen LogP contribution < -0.4 is 14.2 Å². The molecule has 0 amide bonds.